The first-order chi connectivity index (χ1) is 12.5. The van der Waals surface area contributed by atoms with Crippen LogP contribution in [0.3, 0.4) is 0 Å². The predicted molar refractivity (Wildman–Crippen MR) is 99.8 cm³/mol. The van der Waals surface area contributed by atoms with Crippen molar-refractivity contribution in [3.63, 3.8) is 0 Å². The molecule has 0 spiro atoms. The smallest absolute Gasteiger partial charge is 0.267 e. The van der Waals surface area contributed by atoms with Gasteiger partial charge in [-0.3, -0.25) is 30.1 Å². The highest BCUT2D eigenvalue weighted by atomic mass is 32.2. The Bertz CT molecular complexity index is 929. The van der Waals surface area contributed by atoms with Crippen molar-refractivity contribution in [3.8, 4) is 0 Å². The van der Waals surface area contributed by atoms with E-state index in [0.29, 0.717) is 16.0 Å². The Kier molecular flexibility index (Phi) is 5.05. The minimum absolute atomic E-state index is 0.0423. The highest BCUT2D eigenvalue weighted by Crippen LogP contribution is 2.31. The van der Waals surface area contributed by atoms with Gasteiger partial charge < -0.3 is 0 Å². The molecule has 1 aromatic carbocycles. The van der Waals surface area contributed by atoms with Crippen LogP contribution in [0.5, 0.6) is 0 Å². The van der Waals surface area contributed by atoms with E-state index in [-0.39, 0.29) is 10.0 Å². The van der Waals surface area contributed by atoms with Crippen LogP contribution >= 0.6 is 24.0 Å². The van der Waals surface area contributed by atoms with Crippen molar-refractivity contribution in [2.45, 2.75) is 0 Å². The number of nitro benzene ring substituents is 1. The number of non-ortho nitro benzene ring substituents is 1. The van der Waals surface area contributed by atoms with Crippen LogP contribution in [0.25, 0.3) is 6.08 Å². The summed E-state index contributed by atoms with van der Waals surface area (Å²) in [6.45, 7) is 0. The molecule has 0 saturated carbocycles. The van der Waals surface area contributed by atoms with Gasteiger partial charge in [0.05, 0.1) is 9.83 Å². The van der Waals surface area contributed by atoms with Gasteiger partial charge in [0.1, 0.15) is 0 Å². The normalized spacial score (nSPS) is 15.4. The summed E-state index contributed by atoms with van der Waals surface area (Å²) >= 11 is 6.18. The number of pyridine rings is 1. The summed E-state index contributed by atoms with van der Waals surface area (Å²) in [6.07, 6.45) is 4.49. The largest absolute Gasteiger partial charge is 0.285 e. The number of hydrogen-bond donors (Lipinski definition) is 1. The molecule has 2 amide bonds. The SMILES string of the molecule is O=C(NN1C(=O)/C(=C\c2ccc([N+](=O)[O-])cc2)SC1=S)c1ccncc1. The standard InChI is InChI=1S/C16H10N4O4S2/c21-14(11-5-7-17-8-6-11)18-19-15(22)13(26-16(19)25)9-10-1-3-12(4-2-10)20(23)24/h1-9H,(H,18,21)/b13-9+. The van der Waals surface area contributed by atoms with E-state index in [1.807, 2.05) is 0 Å². The molecule has 26 heavy (non-hydrogen) atoms. The maximum absolute atomic E-state index is 12.5. The first-order valence-corrected chi connectivity index (χ1v) is 8.41. The molecular weight excluding hydrogens is 376 g/mol. The molecule has 2 heterocycles. The second kappa shape index (κ2) is 7.42. The van der Waals surface area contributed by atoms with Gasteiger partial charge in [0, 0.05) is 30.1 Å². The molecule has 1 aromatic heterocycles. The van der Waals surface area contributed by atoms with Crippen LogP contribution in [0.1, 0.15) is 15.9 Å². The fourth-order valence-electron chi connectivity index (χ4n) is 2.08. The number of hydrogen-bond acceptors (Lipinski definition) is 7. The molecule has 1 saturated heterocycles. The number of amides is 2. The van der Waals surface area contributed by atoms with Gasteiger partial charge in [-0.2, -0.15) is 5.01 Å². The van der Waals surface area contributed by atoms with Gasteiger partial charge in [0.15, 0.2) is 4.32 Å². The Morgan fingerprint density at radius 3 is 2.50 bits per heavy atom. The maximum atomic E-state index is 12.5. The van der Waals surface area contributed by atoms with Gasteiger partial charge in [-0.1, -0.05) is 11.8 Å². The van der Waals surface area contributed by atoms with Crippen LogP contribution in [0.15, 0.2) is 53.7 Å². The lowest BCUT2D eigenvalue weighted by Crippen LogP contribution is -2.44. The van der Waals surface area contributed by atoms with Crippen LogP contribution in [0.2, 0.25) is 0 Å². The number of thiocarbonyl (C=S) groups is 1. The molecule has 1 N–H and O–H groups in total. The molecule has 2 aromatic rings. The first-order valence-electron chi connectivity index (χ1n) is 7.19. The summed E-state index contributed by atoms with van der Waals surface area (Å²) in [5, 5.41) is 11.7. The van der Waals surface area contributed by atoms with Crippen LogP contribution in [0.4, 0.5) is 5.69 Å². The fourth-order valence-corrected chi connectivity index (χ4v) is 3.26. The zero-order valence-electron chi connectivity index (χ0n) is 13.0. The summed E-state index contributed by atoms with van der Waals surface area (Å²) in [4.78, 5) is 39.0. The molecule has 1 fully saturated rings. The second-order valence-electron chi connectivity index (χ2n) is 5.04. The van der Waals surface area contributed by atoms with Gasteiger partial charge in [-0.15, -0.1) is 0 Å². The van der Waals surface area contributed by atoms with Crippen molar-refractivity contribution in [2.75, 3.05) is 0 Å². The Hall–Kier alpha value is -3.11. The number of nitrogens with one attached hydrogen (secondary N) is 1. The molecule has 1 aliphatic rings. The lowest BCUT2D eigenvalue weighted by Gasteiger charge is -2.15. The van der Waals surface area contributed by atoms with Crippen molar-refractivity contribution >= 4 is 51.9 Å². The van der Waals surface area contributed by atoms with Crippen molar-refractivity contribution in [2.24, 2.45) is 0 Å². The molecular formula is C16H10N4O4S2. The average Bonchev–Trinajstić information content (AvgIpc) is 2.90. The third kappa shape index (κ3) is 3.76. The zero-order chi connectivity index (χ0) is 18.7. The molecule has 130 valence electrons. The minimum Gasteiger partial charge on any atom is -0.267 e. The van der Waals surface area contributed by atoms with E-state index in [1.54, 1.807) is 6.08 Å². The molecule has 0 radical (unpaired) electrons. The third-order valence-corrected chi connectivity index (χ3v) is 4.65. The highest BCUT2D eigenvalue weighted by molar-refractivity contribution is 8.26. The molecule has 3 rings (SSSR count). The lowest BCUT2D eigenvalue weighted by atomic mass is 10.2. The van der Waals surface area contributed by atoms with Gasteiger partial charge in [0.25, 0.3) is 17.5 Å². The Labute approximate surface area is 157 Å². The summed E-state index contributed by atoms with van der Waals surface area (Å²) in [7, 11) is 0. The van der Waals surface area contributed by atoms with E-state index in [9.17, 15) is 19.7 Å². The number of carbonyl (C=O) groups is 2. The highest BCUT2D eigenvalue weighted by Gasteiger charge is 2.33. The van der Waals surface area contributed by atoms with E-state index >= 15 is 0 Å². The van der Waals surface area contributed by atoms with E-state index in [1.165, 1.54) is 48.8 Å². The van der Waals surface area contributed by atoms with E-state index < -0.39 is 16.7 Å². The van der Waals surface area contributed by atoms with Crippen LogP contribution in [-0.2, 0) is 4.79 Å². The van der Waals surface area contributed by atoms with E-state index in [2.05, 4.69) is 10.4 Å². The van der Waals surface area contributed by atoms with Crippen LogP contribution in [0, 0.1) is 10.1 Å². The van der Waals surface area contributed by atoms with Crippen molar-refractivity contribution in [3.05, 3.63) is 74.9 Å². The van der Waals surface area contributed by atoms with Crippen molar-refractivity contribution in [1.29, 1.82) is 0 Å². The van der Waals surface area contributed by atoms with Gasteiger partial charge in [-0.05, 0) is 48.1 Å². The van der Waals surface area contributed by atoms with Gasteiger partial charge in [-0.25, -0.2) is 0 Å². The number of benzene rings is 1. The number of nitrogens with zero attached hydrogens (tertiary/aromatic N) is 3. The molecule has 1 aliphatic heterocycles. The minimum atomic E-state index is -0.502. The van der Waals surface area contributed by atoms with Gasteiger partial charge in [0.2, 0.25) is 0 Å². The number of nitro groups is 1. The van der Waals surface area contributed by atoms with E-state index in [4.69, 9.17) is 12.2 Å². The summed E-state index contributed by atoms with van der Waals surface area (Å²) in [6, 6.07) is 8.77. The molecule has 0 atom stereocenters. The monoisotopic (exact) mass is 386 g/mol. The lowest BCUT2D eigenvalue weighted by molar-refractivity contribution is -0.384. The Morgan fingerprint density at radius 2 is 1.88 bits per heavy atom. The van der Waals surface area contributed by atoms with Crippen LogP contribution < -0.4 is 5.43 Å². The topological polar surface area (TPSA) is 105 Å². The van der Waals surface area contributed by atoms with Crippen LogP contribution in [-0.4, -0.2) is 31.1 Å². The number of thioether (sulfide) groups is 1. The van der Waals surface area contributed by atoms with Crippen molar-refractivity contribution in [1.82, 2.24) is 15.4 Å². The summed E-state index contributed by atoms with van der Waals surface area (Å²) in [5.74, 6) is -0.957. The average molecular weight is 386 g/mol. The zero-order valence-corrected chi connectivity index (χ0v) is 14.6. The first kappa shape index (κ1) is 17.7. The summed E-state index contributed by atoms with van der Waals surface area (Å²) in [5.41, 5.74) is 3.37. The third-order valence-electron chi connectivity index (χ3n) is 3.35. The van der Waals surface area contributed by atoms with Gasteiger partial charge >= 0.3 is 0 Å². The van der Waals surface area contributed by atoms with E-state index in [0.717, 1.165) is 16.8 Å². The number of carbonyl (C=O) groups excluding carboxylic acids is 2. The van der Waals surface area contributed by atoms with Crippen molar-refractivity contribution < 1.29 is 14.5 Å². The molecule has 8 nitrogen and oxygen atoms in total. The second-order valence-corrected chi connectivity index (χ2v) is 6.72. The molecule has 0 bridgehead atoms. The number of aromatic nitrogens is 1. The number of hydrazine groups is 1. The molecule has 0 aliphatic carbocycles. The Morgan fingerprint density at radius 1 is 1.23 bits per heavy atom. The predicted octanol–water partition coefficient (Wildman–Crippen LogP) is 2.54. The fraction of sp³-hybridized carbons (Fsp3) is 0. The maximum Gasteiger partial charge on any atom is 0.285 e. The Balaban J connectivity index is 1.76. The summed E-state index contributed by atoms with van der Waals surface area (Å²) < 4.78 is 0.186. The number of rotatable bonds is 4. The quantitative estimate of drug-likeness (QED) is 0.372. The molecule has 0 unspecified atom stereocenters. The molecule has 10 heteroatoms.